The molecule has 180 valence electrons. The normalized spacial score (nSPS) is 23.4. The summed E-state index contributed by atoms with van der Waals surface area (Å²) in [5, 5.41) is 19.2. The van der Waals surface area contributed by atoms with Gasteiger partial charge in [-0.1, -0.05) is 54.6 Å². The van der Waals surface area contributed by atoms with E-state index in [4.69, 9.17) is 5.26 Å². The van der Waals surface area contributed by atoms with Gasteiger partial charge in [0, 0.05) is 31.1 Å². The molecule has 2 aliphatic heterocycles. The Kier molecular flexibility index (Phi) is 6.72. The van der Waals surface area contributed by atoms with Crippen LogP contribution in [-0.2, 0) is 10.0 Å². The topological polar surface area (TPSA) is 84.6 Å². The summed E-state index contributed by atoms with van der Waals surface area (Å²) in [7, 11) is -3.58. The third kappa shape index (κ3) is 4.51. The maximum atomic E-state index is 13.4. The molecule has 1 N–H and O–H groups in total. The molecule has 35 heavy (non-hydrogen) atoms. The standard InChI is InChI=1S/C28H29N3O3S/c29-18-21-8-10-22(11-9-21)23-12-14-24(15-13-23)28-26-19-30(16-4-5-17-31(26)27(28)20-32)35(33,34)25-6-2-1-3-7-25/h1-3,6-15,26-28,32H,4-5,16-17,19-20H2/t26-,27-,28+/m0/s1. The average Bonchev–Trinajstić information content (AvgIpc) is 2.88. The number of sulfonamides is 1. The lowest BCUT2D eigenvalue weighted by Crippen LogP contribution is -2.67. The molecular formula is C28H29N3O3S. The molecule has 0 aromatic heterocycles. The number of hydrogen-bond acceptors (Lipinski definition) is 5. The Morgan fingerprint density at radius 3 is 2.14 bits per heavy atom. The molecule has 7 heteroatoms. The SMILES string of the molecule is N#Cc1ccc(-c2ccc([C@H]3[C@H](CO)N4CCCCN(S(=O)(=O)c5ccccc5)C[C@@H]34)cc2)cc1. The Hall–Kier alpha value is -3.02. The van der Waals surface area contributed by atoms with Crippen LogP contribution in [0.25, 0.3) is 11.1 Å². The molecule has 0 unspecified atom stereocenters. The van der Waals surface area contributed by atoms with Crippen LogP contribution in [0.5, 0.6) is 0 Å². The van der Waals surface area contributed by atoms with E-state index >= 15 is 0 Å². The number of aliphatic hydroxyl groups is 1. The number of hydrogen-bond donors (Lipinski definition) is 1. The predicted molar refractivity (Wildman–Crippen MR) is 135 cm³/mol. The Balaban J connectivity index is 1.41. The van der Waals surface area contributed by atoms with Crippen LogP contribution < -0.4 is 0 Å². The summed E-state index contributed by atoms with van der Waals surface area (Å²) in [4.78, 5) is 2.61. The van der Waals surface area contributed by atoms with E-state index in [1.165, 1.54) is 0 Å². The van der Waals surface area contributed by atoms with Crippen molar-refractivity contribution in [3.63, 3.8) is 0 Å². The number of benzene rings is 3. The van der Waals surface area contributed by atoms with Crippen molar-refractivity contribution in [1.82, 2.24) is 9.21 Å². The van der Waals surface area contributed by atoms with E-state index in [9.17, 15) is 13.5 Å². The molecule has 0 saturated carbocycles. The fraction of sp³-hybridized carbons (Fsp3) is 0.321. The molecule has 0 bridgehead atoms. The largest absolute Gasteiger partial charge is 0.395 e. The van der Waals surface area contributed by atoms with E-state index in [1.807, 2.05) is 30.3 Å². The fourth-order valence-corrected chi connectivity index (χ4v) is 7.02. The lowest BCUT2D eigenvalue weighted by molar-refractivity contribution is -0.0553. The minimum atomic E-state index is -3.58. The van der Waals surface area contributed by atoms with Gasteiger partial charge in [-0.25, -0.2) is 8.42 Å². The summed E-state index contributed by atoms with van der Waals surface area (Å²) in [5.41, 5.74) is 3.84. The molecular weight excluding hydrogens is 458 g/mol. The number of aliphatic hydroxyl groups excluding tert-OH is 1. The minimum Gasteiger partial charge on any atom is -0.395 e. The Morgan fingerprint density at radius 1 is 0.886 bits per heavy atom. The summed E-state index contributed by atoms with van der Waals surface area (Å²) in [6.07, 6.45) is 1.70. The quantitative estimate of drug-likeness (QED) is 0.591. The zero-order chi connectivity index (χ0) is 24.4. The van der Waals surface area contributed by atoms with E-state index in [0.717, 1.165) is 36.1 Å². The van der Waals surface area contributed by atoms with Crippen molar-refractivity contribution in [2.24, 2.45) is 0 Å². The fourth-order valence-electron chi connectivity index (χ4n) is 5.50. The summed E-state index contributed by atoms with van der Waals surface area (Å²) in [6.45, 7) is 1.84. The van der Waals surface area contributed by atoms with Crippen molar-refractivity contribution in [2.75, 3.05) is 26.2 Å². The van der Waals surface area contributed by atoms with Gasteiger partial charge >= 0.3 is 0 Å². The van der Waals surface area contributed by atoms with E-state index < -0.39 is 10.0 Å². The highest BCUT2D eigenvalue weighted by Gasteiger charge is 2.50. The van der Waals surface area contributed by atoms with Crippen molar-refractivity contribution >= 4 is 10.0 Å². The van der Waals surface area contributed by atoms with Crippen LogP contribution in [0.3, 0.4) is 0 Å². The molecule has 0 aliphatic carbocycles. The van der Waals surface area contributed by atoms with Crippen LogP contribution in [-0.4, -0.2) is 61.1 Å². The Morgan fingerprint density at radius 2 is 1.51 bits per heavy atom. The second-order valence-electron chi connectivity index (χ2n) is 9.28. The molecule has 6 nitrogen and oxygen atoms in total. The number of fused-ring (bicyclic) bond motifs is 1. The maximum Gasteiger partial charge on any atom is 0.243 e. The van der Waals surface area contributed by atoms with Gasteiger partial charge in [0.2, 0.25) is 10.0 Å². The summed E-state index contributed by atoms with van der Waals surface area (Å²) >= 11 is 0. The second-order valence-corrected chi connectivity index (χ2v) is 11.2. The van der Waals surface area contributed by atoms with E-state index in [2.05, 4.69) is 35.2 Å². The van der Waals surface area contributed by atoms with Crippen molar-refractivity contribution < 1.29 is 13.5 Å². The lowest BCUT2D eigenvalue weighted by atomic mass is 9.74. The lowest BCUT2D eigenvalue weighted by Gasteiger charge is -2.57. The van der Waals surface area contributed by atoms with Gasteiger partial charge in [0.15, 0.2) is 0 Å². The molecule has 3 aromatic carbocycles. The first kappa shape index (κ1) is 23.7. The van der Waals surface area contributed by atoms with Gasteiger partial charge in [-0.05, 0) is 60.3 Å². The van der Waals surface area contributed by atoms with Gasteiger partial charge in [-0.2, -0.15) is 9.57 Å². The highest BCUT2D eigenvalue weighted by molar-refractivity contribution is 7.89. The zero-order valence-corrected chi connectivity index (χ0v) is 20.3. The average molecular weight is 488 g/mol. The Bertz CT molecular complexity index is 1300. The molecule has 2 aliphatic rings. The predicted octanol–water partition coefficient (Wildman–Crippen LogP) is 3.84. The van der Waals surface area contributed by atoms with Crippen LogP contribution in [0.2, 0.25) is 0 Å². The second kappa shape index (κ2) is 9.92. The highest BCUT2D eigenvalue weighted by Crippen LogP contribution is 2.43. The van der Waals surface area contributed by atoms with Crippen molar-refractivity contribution in [2.45, 2.75) is 35.7 Å². The molecule has 0 amide bonds. The number of nitriles is 1. The third-order valence-electron chi connectivity index (χ3n) is 7.36. The third-order valence-corrected chi connectivity index (χ3v) is 9.24. The van der Waals surface area contributed by atoms with Gasteiger partial charge in [0.1, 0.15) is 0 Å². The van der Waals surface area contributed by atoms with Crippen LogP contribution in [0, 0.1) is 11.3 Å². The van der Waals surface area contributed by atoms with Gasteiger partial charge in [-0.15, -0.1) is 0 Å². The van der Waals surface area contributed by atoms with Crippen molar-refractivity contribution in [3.05, 3.63) is 90.0 Å². The molecule has 2 saturated heterocycles. The molecule has 5 rings (SSSR count). The summed E-state index contributed by atoms with van der Waals surface area (Å²) in [6, 6.07) is 26.6. The number of rotatable bonds is 5. The van der Waals surface area contributed by atoms with E-state index in [1.54, 1.807) is 28.6 Å². The molecule has 2 fully saturated rings. The van der Waals surface area contributed by atoms with E-state index in [0.29, 0.717) is 23.5 Å². The maximum absolute atomic E-state index is 13.4. The zero-order valence-electron chi connectivity index (χ0n) is 19.5. The van der Waals surface area contributed by atoms with Crippen molar-refractivity contribution in [3.8, 4) is 17.2 Å². The van der Waals surface area contributed by atoms with E-state index in [-0.39, 0.29) is 24.6 Å². The first-order valence-electron chi connectivity index (χ1n) is 12.1. The molecule has 2 heterocycles. The molecule has 3 aromatic rings. The van der Waals surface area contributed by atoms with Crippen LogP contribution in [0.15, 0.2) is 83.8 Å². The van der Waals surface area contributed by atoms with Crippen LogP contribution in [0.1, 0.15) is 29.9 Å². The first-order valence-corrected chi connectivity index (χ1v) is 13.5. The molecule has 0 spiro atoms. The molecule has 3 atom stereocenters. The number of nitrogens with zero attached hydrogens (tertiary/aromatic N) is 3. The van der Waals surface area contributed by atoms with Gasteiger partial charge < -0.3 is 5.11 Å². The van der Waals surface area contributed by atoms with Gasteiger partial charge in [0.05, 0.1) is 23.1 Å². The van der Waals surface area contributed by atoms with Crippen LogP contribution in [0.4, 0.5) is 0 Å². The first-order chi connectivity index (χ1) is 17.0. The van der Waals surface area contributed by atoms with Crippen LogP contribution >= 0.6 is 0 Å². The van der Waals surface area contributed by atoms with Gasteiger partial charge in [-0.3, -0.25) is 4.90 Å². The van der Waals surface area contributed by atoms with Crippen molar-refractivity contribution in [1.29, 1.82) is 5.26 Å². The Labute approximate surface area is 207 Å². The summed E-state index contributed by atoms with van der Waals surface area (Å²) < 4.78 is 28.4. The smallest absolute Gasteiger partial charge is 0.243 e. The summed E-state index contributed by atoms with van der Waals surface area (Å²) in [5.74, 6) is 0.0570. The highest BCUT2D eigenvalue weighted by atomic mass is 32.2. The monoisotopic (exact) mass is 487 g/mol. The minimum absolute atomic E-state index is 0.0138. The van der Waals surface area contributed by atoms with Gasteiger partial charge in [0.25, 0.3) is 0 Å². The molecule has 0 radical (unpaired) electrons.